The molecule has 88 valence electrons. The van der Waals surface area contributed by atoms with E-state index in [-0.39, 0.29) is 11.6 Å². The van der Waals surface area contributed by atoms with Crippen LogP contribution in [0.25, 0.3) is 0 Å². The number of rotatable bonds is 1. The molecule has 0 aromatic heterocycles. The molecule has 1 fully saturated rings. The Labute approximate surface area is 106 Å². The van der Waals surface area contributed by atoms with Gasteiger partial charge in [-0.3, -0.25) is 0 Å². The standard InChI is InChI=1S/C13H19BrN2/c1-9-6-10(14)4-5-12(9)16-8-11(15)7-13(16,2)3/h4-6,11H,7-8,15H2,1-3H3. The van der Waals surface area contributed by atoms with Gasteiger partial charge < -0.3 is 10.6 Å². The molecule has 0 aliphatic carbocycles. The summed E-state index contributed by atoms with van der Waals surface area (Å²) in [5, 5.41) is 0. The van der Waals surface area contributed by atoms with Crippen molar-refractivity contribution in [1.29, 1.82) is 0 Å². The van der Waals surface area contributed by atoms with Crippen molar-refractivity contribution in [2.75, 3.05) is 11.4 Å². The first-order valence-electron chi connectivity index (χ1n) is 5.69. The number of aryl methyl sites for hydroxylation is 1. The molecule has 1 unspecified atom stereocenters. The van der Waals surface area contributed by atoms with E-state index in [0.717, 1.165) is 17.4 Å². The van der Waals surface area contributed by atoms with Crippen molar-refractivity contribution in [2.45, 2.75) is 38.8 Å². The molecule has 1 aromatic carbocycles. The number of benzene rings is 1. The van der Waals surface area contributed by atoms with Crippen LogP contribution >= 0.6 is 15.9 Å². The van der Waals surface area contributed by atoms with Crippen LogP contribution in [0.15, 0.2) is 22.7 Å². The molecule has 1 saturated heterocycles. The van der Waals surface area contributed by atoms with Crippen molar-refractivity contribution in [3.8, 4) is 0 Å². The molecule has 0 amide bonds. The third kappa shape index (κ3) is 2.11. The SMILES string of the molecule is Cc1cc(Br)ccc1N1CC(N)CC1(C)C. The predicted octanol–water partition coefficient (Wildman–Crippen LogP) is 3.07. The summed E-state index contributed by atoms with van der Waals surface area (Å²) in [4.78, 5) is 2.43. The van der Waals surface area contributed by atoms with Crippen LogP contribution in [0.1, 0.15) is 25.8 Å². The zero-order valence-corrected chi connectivity index (χ0v) is 11.7. The summed E-state index contributed by atoms with van der Waals surface area (Å²) in [6, 6.07) is 6.73. The number of halogens is 1. The maximum absolute atomic E-state index is 6.07. The molecule has 1 heterocycles. The highest BCUT2D eigenvalue weighted by Crippen LogP contribution is 2.35. The van der Waals surface area contributed by atoms with Crippen LogP contribution in [-0.4, -0.2) is 18.1 Å². The van der Waals surface area contributed by atoms with E-state index in [4.69, 9.17) is 5.73 Å². The first-order chi connectivity index (χ1) is 7.40. The fourth-order valence-corrected chi connectivity index (χ4v) is 3.12. The molecule has 16 heavy (non-hydrogen) atoms. The molecule has 0 bridgehead atoms. The molecule has 0 spiro atoms. The van der Waals surface area contributed by atoms with Crippen molar-refractivity contribution >= 4 is 21.6 Å². The van der Waals surface area contributed by atoms with Gasteiger partial charge in [-0.2, -0.15) is 0 Å². The van der Waals surface area contributed by atoms with Crippen molar-refractivity contribution in [2.24, 2.45) is 5.73 Å². The quantitative estimate of drug-likeness (QED) is 0.858. The van der Waals surface area contributed by atoms with Gasteiger partial charge in [0.2, 0.25) is 0 Å². The Bertz CT molecular complexity index is 401. The van der Waals surface area contributed by atoms with E-state index in [2.05, 4.69) is 59.8 Å². The second-order valence-electron chi connectivity index (χ2n) is 5.32. The molecule has 2 N–H and O–H groups in total. The zero-order valence-electron chi connectivity index (χ0n) is 10.1. The van der Waals surface area contributed by atoms with Gasteiger partial charge in [-0.25, -0.2) is 0 Å². The van der Waals surface area contributed by atoms with Gasteiger partial charge in [-0.05, 0) is 51.0 Å². The third-order valence-electron chi connectivity index (χ3n) is 3.36. The molecule has 0 radical (unpaired) electrons. The molecule has 1 aliphatic heterocycles. The molecule has 1 aliphatic rings. The summed E-state index contributed by atoms with van der Waals surface area (Å²) in [6.45, 7) is 7.64. The third-order valence-corrected chi connectivity index (χ3v) is 3.85. The summed E-state index contributed by atoms with van der Waals surface area (Å²) in [5.74, 6) is 0. The predicted molar refractivity (Wildman–Crippen MR) is 72.9 cm³/mol. The zero-order chi connectivity index (χ0) is 11.9. The minimum Gasteiger partial charge on any atom is -0.365 e. The van der Waals surface area contributed by atoms with E-state index < -0.39 is 0 Å². The second-order valence-corrected chi connectivity index (χ2v) is 6.23. The van der Waals surface area contributed by atoms with Gasteiger partial charge in [-0.1, -0.05) is 15.9 Å². The average Bonchev–Trinajstić information content (AvgIpc) is 2.39. The summed E-state index contributed by atoms with van der Waals surface area (Å²) in [7, 11) is 0. The Balaban J connectivity index is 2.37. The van der Waals surface area contributed by atoms with Crippen LogP contribution in [-0.2, 0) is 0 Å². The van der Waals surface area contributed by atoms with Crippen molar-refractivity contribution in [1.82, 2.24) is 0 Å². The molecular weight excluding hydrogens is 264 g/mol. The molecule has 2 nitrogen and oxygen atoms in total. The number of nitrogens with zero attached hydrogens (tertiary/aromatic N) is 1. The maximum Gasteiger partial charge on any atom is 0.0401 e. The molecule has 1 atom stereocenters. The van der Waals surface area contributed by atoms with E-state index >= 15 is 0 Å². The highest BCUT2D eigenvalue weighted by atomic mass is 79.9. The number of hydrogen-bond donors (Lipinski definition) is 1. The smallest absolute Gasteiger partial charge is 0.0401 e. The van der Waals surface area contributed by atoms with Crippen molar-refractivity contribution < 1.29 is 0 Å². The van der Waals surface area contributed by atoms with Crippen LogP contribution in [0.5, 0.6) is 0 Å². The Hall–Kier alpha value is -0.540. The van der Waals surface area contributed by atoms with E-state index in [1.165, 1.54) is 11.3 Å². The number of anilines is 1. The summed E-state index contributed by atoms with van der Waals surface area (Å²) in [5.41, 5.74) is 8.84. The lowest BCUT2D eigenvalue weighted by Gasteiger charge is -2.34. The minimum atomic E-state index is 0.165. The van der Waals surface area contributed by atoms with Crippen molar-refractivity contribution in [3.63, 3.8) is 0 Å². The van der Waals surface area contributed by atoms with Crippen LogP contribution in [0.4, 0.5) is 5.69 Å². The first kappa shape index (κ1) is 11.9. The fourth-order valence-electron chi connectivity index (χ4n) is 2.64. The topological polar surface area (TPSA) is 29.3 Å². The molecule has 3 heteroatoms. The Morgan fingerprint density at radius 2 is 2.12 bits per heavy atom. The number of nitrogens with two attached hydrogens (primary N) is 1. The van der Waals surface area contributed by atoms with Crippen molar-refractivity contribution in [3.05, 3.63) is 28.2 Å². The highest BCUT2D eigenvalue weighted by molar-refractivity contribution is 9.10. The van der Waals surface area contributed by atoms with Crippen LogP contribution in [0, 0.1) is 6.92 Å². The van der Waals surface area contributed by atoms with E-state index in [1.54, 1.807) is 0 Å². The molecule has 1 aromatic rings. The van der Waals surface area contributed by atoms with Gasteiger partial charge in [0.25, 0.3) is 0 Å². The lowest BCUT2D eigenvalue weighted by atomic mass is 9.99. The van der Waals surface area contributed by atoms with E-state index in [1.807, 2.05) is 0 Å². The average molecular weight is 283 g/mol. The monoisotopic (exact) mass is 282 g/mol. The minimum absolute atomic E-state index is 0.165. The van der Waals surface area contributed by atoms with Gasteiger partial charge in [-0.15, -0.1) is 0 Å². The van der Waals surface area contributed by atoms with Gasteiger partial charge in [0, 0.05) is 28.3 Å². The largest absolute Gasteiger partial charge is 0.365 e. The molecule has 2 rings (SSSR count). The van der Waals surface area contributed by atoms with Crippen LogP contribution < -0.4 is 10.6 Å². The Morgan fingerprint density at radius 3 is 2.62 bits per heavy atom. The Morgan fingerprint density at radius 1 is 1.44 bits per heavy atom. The Kier molecular flexibility index (Phi) is 3.01. The maximum atomic E-state index is 6.07. The lowest BCUT2D eigenvalue weighted by Crippen LogP contribution is -2.38. The van der Waals surface area contributed by atoms with Gasteiger partial charge >= 0.3 is 0 Å². The first-order valence-corrected chi connectivity index (χ1v) is 6.49. The van der Waals surface area contributed by atoms with Gasteiger partial charge in [0.05, 0.1) is 0 Å². The molecule has 0 saturated carbocycles. The summed E-state index contributed by atoms with van der Waals surface area (Å²) < 4.78 is 1.13. The molecular formula is C13H19BrN2. The van der Waals surface area contributed by atoms with Gasteiger partial charge in [0.1, 0.15) is 0 Å². The summed E-state index contributed by atoms with van der Waals surface area (Å²) in [6.07, 6.45) is 1.06. The summed E-state index contributed by atoms with van der Waals surface area (Å²) >= 11 is 3.50. The van der Waals surface area contributed by atoms with Crippen LogP contribution in [0.3, 0.4) is 0 Å². The normalized spacial score (nSPS) is 23.8. The fraction of sp³-hybridized carbons (Fsp3) is 0.538. The number of hydrogen-bond acceptors (Lipinski definition) is 2. The van der Waals surface area contributed by atoms with Gasteiger partial charge in [0.15, 0.2) is 0 Å². The van der Waals surface area contributed by atoms with E-state index in [9.17, 15) is 0 Å². The second kappa shape index (κ2) is 4.04. The lowest BCUT2D eigenvalue weighted by molar-refractivity contribution is 0.505. The van der Waals surface area contributed by atoms with Crippen LogP contribution in [0.2, 0.25) is 0 Å². The van der Waals surface area contributed by atoms with E-state index in [0.29, 0.717) is 0 Å². The highest BCUT2D eigenvalue weighted by Gasteiger charge is 2.37.